The number of carbonyl (C=O) groups excluding carboxylic acids is 2. The largest absolute Gasteiger partial charge is 0.497 e. The topological polar surface area (TPSA) is 55.8 Å². The van der Waals surface area contributed by atoms with Gasteiger partial charge in [-0.05, 0) is 50.3 Å². The van der Waals surface area contributed by atoms with Gasteiger partial charge in [-0.1, -0.05) is 18.6 Å². The smallest absolute Gasteiger partial charge is 0.308 e. The number of hydrogen-bond donors (Lipinski definition) is 0. The Morgan fingerprint density at radius 1 is 1.28 bits per heavy atom. The van der Waals surface area contributed by atoms with Gasteiger partial charge < -0.3 is 14.4 Å². The fourth-order valence-corrected chi connectivity index (χ4v) is 4.24. The van der Waals surface area contributed by atoms with Gasteiger partial charge in [0.15, 0.2) is 0 Å². The Kier molecular flexibility index (Phi) is 5.30. The molecule has 2 atom stereocenters. The van der Waals surface area contributed by atoms with E-state index in [1.807, 2.05) is 36.1 Å². The summed E-state index contributed by atoms with van der Waals surface area (Å²) < 4.78 is 10.4. The molecule has 1 amide bonds. The third-order valence-electron chi connectivity index (χ3n) is 5.60. The number of rotatable bonds is 5. The van der Waals surface area contributed by atoms with E-state index in [2.05, 4.69) is 0 Å². The van der Waals surface area contributed by atoms with E-state index in [-0.39, 0.29) is 23.2 Å². The molecule has 5 heteroatoms. The van der Waals surface area contributed by atoms with Crippen molar-refractivity contribution in [2.75, 3.05) is 20.3 Å². The van der Waals surface area contributed by atoms with Crippen LogP contribution in [-0.2, 0) is 20.9 Å². The second kappa shape index (κ2) is 7.46. The van der Waals surface area contributed by atoms with Gasteiger partial charge in [-0.25, -0.2) is 0 Å². The molecule has 3 rings (SSSR count). The summed E-state index contributed by atoms with van der Waals surface area (Å²) in [5.41, 5.74) is 0.742. The molecule has 1 aromatic carbocycles. The summed E-state index contributed by atoms with van der Waals surface area (Å²) >= 11 is 0. The Hall–Kier alpha value is -2.04. The first kappa shape index (κ1) is 17.8. The van der Waals surface area contributed by atoms with E-state index in [1.54, 1.807) is 7.11 Å². The Balaban J connectivity index is 1.66. The highest BCUT2D eigenvalue weighted by molar-refractivity contribution is 5.86. The average Bonchev–Trinajstić information content (AvgIpc) is 2.92. The monoisotopic (exact) mass is 345 g/mol. The Morgan fingerprint density at radius 2 is 2.04 bits per heavy atom. The van der Waals surface area contributed by atoms with E-state index in [0.717, 1.165) is 43.5 Å². The first-order valence-electron chi connectivity index (χ1n) is 9.17. The van der Waals surface area contributed by atoms with Crippen molar-refractivity contribution in [1.29, 1.82) is 0 Å². The summed E-state index contributed by atoms with van der Waals surface area (Å²) in [6, 6.07) is 7.84. The molecule has 1 saturated carbocycles. The van der Waals surface area contributed by atoms with Gasteiger partial charge in [0.25, 0.3) is 0 Å². The summed E-state index contributed by atoms with van der Waals surface area (Å²) in [6.45, 7) is 3.61. The van der Waals surface area contributed by atoms with Gasteiger partial charge >= 0.3 is 5.97 Å². The minimum Gasteiger partial charge on any atom is -0.497 e. The van der Waals surface area contributed by atoms with Crippen molar-refractivity contribution >= 4 is 11.9 Å². The fraction of sp³-hybridized carbons (Fsp3) is 0.600. The zero-order chi connectivity index (χ0) is 17.9. The van der Waals surface area contributed by atoms with Crippen LogP contribution in [0.1, 0.15) is 44.6 Å². The summed E-state index contributed by atoms with van der Waals surface area (Å²) in [5.74, 6) is 0.761. The maximum atomic E-state index is 13.1. The highest BCUT2D eigenvalue weighted by Gasteiger charge is 2.50. The summed E-state index contributed by atoms with van der Waals surface area (Å²) in [7, 11) is 1.64. The van der Waals surface area contributed by atoms with Crippen molar-refractivity contribution in [2.24, 2.45) is 11.3 Å². The fourth-order valence-electron chi connectivity index (χ4n) is 4.24. The van der Waals surface area contributed by atoms with Crippen LogP contribution >= 0.6 is 0 Å². The van der Waals surface area contributed by atoms with Crippen molar-refractivity contribution < 1.29 is 19.1 Å². The van der Waals surface area contributed by atoms with Crippen molar-refractivity contribution in [1.82, 2.24) is 4.90 Å². The quantitative estimate of drug-likeness (QED) is 0.769. The Morgan fingerprint density at radius 3 is 2.72 bits per heavy atom. The maximum absolute atomic E-state index is 13.1. The van der Waals surface area contributed by atoms with Crippen LogP contribution in [-0.4, -0.2) is 37.0 Å². The molecule has 2 fully saturated rings. The van der Waals surface area contributed by atoms with Crippen molar-refractivity contribution in [3.63, 3.8) is 0 Å². The lowest BCUT2D eigenvalue weighted by Gasteiger charge is -2.35. The number of methoxy groups -OCH3 is 1. The van der Waals surface area contributed by atoms with Gasteiger partial charge in [-0.15, -0.1) is 0 Å². The molecule has 25 heavy (non-hydrogen) atoms. The number of carbonyl (C=O) groups is 2. The SMILES string of the molecule is CCOC(=O)[C@H]1CCC[C@]2(CCN(Cc3ccc(OC)cc3)C2=O)C1. The van der Waals surface area contributed by atoms with E-state index < -0.39 is 0 Å². The number of hydrogen-bond acceptors (Lipinski definition) is 4. The molecule has 1 saturated heterocycles. The van der Waals surface area contributed by atoms with Crippen LogP contribution in [0.2, 0.25) is 0 Å². The van der Waals surface area contributed by atoms with Crippen molar-refractivity contribution in [3.8, 4) is 5.75 Å². The van der Waals surface area contributed by atoms with E-state index in [4.69, 9.17) is 9.47 Å². The molecular formula is C20H27NO4. The zero-order valence-electron chi connectivity index (χ0n) is 15.1. The number of benzene rings is 1. The van der Waals surface area contributed by atoms with Gasteiger partial charge in [-0.3, -0.25) is 9.59 Å². The lowest BCUT2D eigenvalue weighted by Crippen LogP contribution is -2.40. The summed E-state index contributed by atoms with van der Waals surface area (Å²) in [6.07, 6.45) is 4.14. The van der Waals surface area contributed by atoms with E-state index in [9.17, 15) is 9.59 Å². The molecule has 1 aliphatic carbocycles. The van der Waals surface area contributed by atoms with Gasteiger partial charge in [0.1, 0.15) is 5.75 Å². The summed E-state index contributed by atoms with van der Waals surface area (Å²) in [5, 5.41) is 0. The molecule has 1 aliphatic heterocycles. The second-order valence-corrected chi connectivity index (χ2v) is 7.15. The molecule has 0 aromatic heterocycles. The molecule has 1 spiro atoms. The first-order valence-corrected chi connectivity index (χ1v) is 9.17. The lowest BCUT2D eigenvalue weighted by molar-refractivity contribution is -0.152. The Bertz CT molecular complexity index is 627. The van der Waals surface area contributed by atoms with Crippen LogP contribution in [0.5, 0.6) is 5.75 Å². The van der Waals surface area contributed by atoms with Crippen molar-refractivity contribution in [2.45, 2.75) is 45.6 Å². The third kappa shape index (κ3) is 3.65. The zero-order valence-corrected chi connectivity index (χ0v) is 15.1. The second-order valence-electron chi connectivity index (χ2n) is 7.15. The molecule has 5 nitrogen and oxygen atoms in total. The van der Waals surface area contributed by atoms with Crippen LogP contribution in [0, 0.1) is 11.3 Å². The number of nitrogens with zero attached hydrogens (tertiary/aromatic N) is 1. The molecule has 0 radical (unpaired) electrons. The van der Waals surface area contributed by atoms with Gasteiger partial charge in [0, 0.05) is 13.1 Å². The van der Waals surface area contributed by atoms with Crippen LogP contribution in [0.3, 0.4) is 0 Å². The highest BCUT2D eigenvalue weighted by atomic mass is 16.5. The van der Waals surface area contributed by atoms with Crippen LogP contribution in [0.15, 0.2) is 24.3 Å². The highest BCUT2D eigenvalue weighted by Crippen LogP contribution is 2.47. The Labute approximate surface area is 149 Å². The maximum Gasteiger partial charge on any atom is 0.308 e. The summed E-state index contributed by atoms with van der Waals surface area (Å²) in [4.78, 5) is 27.1. The van der Waals surface area contributed by atoms with E-state index >= 15 is 0 Å². The van der Waals surface area contributed by atoms with Gasteiger partial charge in [0.05, 0.1) is 25.0 Å². The van der Waals surface area contributed by atoms with E-state index in [1.165, 1.54) is 0 Å². The predicted octanol–water partition coefficient (Wildman–Crippen LogP) is 3.17. The van der Waals surface area contributed by atoms with Crippen LogP contribution < -0.4 is 4.74 Å². The standard InChI is InChI=1S/C20H27NO4/c1-3-25-18(22)16-5-4-10-20(13-16)11-12-21(19(20)23)14-15-6-8-17(24-2)9-7-15/h6-9,16H,3-5,10-14H2,1-2H3/t16-,20-/m0/s1. The number of esters is 1. The molecular weight excluding hydrogens is 318 g/mol. The van der Waals surface area contributed by atoms with Crippen LogP contribution in [0.4, 0.5) is 0 Å². The predicted molar refractivity (Wildman–Crippen MR) is 94.1 cm³/mol. The number of likely N-dealkylation sites (tertiary alicyclic amines) is 1. The van der Waals surface area contributed by atoms with Crippen molar-refractivity contribution in [3.05, 3.63) is 29.8 Å². The first-order chi connectivity index (χ1) is 12.1. The molecule has 1 heterocycles. The van der Waals surface area contributed by atoms with Gasteiger partial charge in [-0.2, -0.15) is 0 Å². The normalized spacial score (nSPS) is 26.1. The lowest BCUT2D eigenvalue weighted by atomic mass is 9.68. The van der Waals surface area contributed by atoms with Crippen LogP contribution in [0.25, 0.3) is 0 Å². The average molecular weight is 345 g/mol. The minimum atomic E-state index is -0.359. The number of ether oxygens (including phenoxy) is 2. The molecule has 2 aliphatic rings. The molecule has 1 aromatic rings. The molecule has 0 N–H and O–H groups in total. The third-order valence-corrected chi connectivity index (χ3v) is 5.60. The molecule has 136 valence electrons. The molecule has 0 unspecified atom stereocenters. The molecule has 0 bridgehead atoms. The number of amides is 1. The van der Waals surface area contributed by atoms with E-state index in [0.29, 0.717) is 19.6 Å². The van der Waals surface area contributed by atoms with Gasteiger partial charge in [0.2, 0.25) is 5.91 Å². The minimum absolute atomic E-state index is 0.126.